The number of carbonyl (C=O) groups excluding carboxylic acids is 1. The number of para-hydroxylation sites is 2. The van der Waals surface area contributed by atoms with Crippen molar-refractivity contribution in [2.24, 2.45) is 0 Å². The van der Waals surface area contributed by atoms with Crippen molar-refractivity contribution >= 4 is 25.6 Å². The SMILES string of the molecule is COc1ccccc1Oc1c(OCCOC(=O)c2ncc[nH]2)nc(S(C)(=O)=O)nc1S(=O)(=O)c1ccc(C(C)(C)C)cc1. The quantitative estimate of drug-likeness (QED) is 0.110. The average Bonchev–Trinajstić information content (AvgIpc) is 3.50. The third-order valence-corrected chi connectivity index (χ3v) is 8.45. The van der Waals surface area contributed by atoms with E-state index in [9.17, 15) is 21.6 Å². The van der Waals surface area contributed by atoms with E-state index in [0.29, 0.717) is 0 Å². The van der Waals surface area contributed by atoms with Crippen molar-refractivity contribution in [1.29, 1.82) is 0 Å². The Bertz CT molecular complexity index is 1820. The summed E-state index contributed by atoms with van der Waals surface area (Å²) in [4.78, 5) is 26.3. The Labute approximate surface area is 249 Å². The van der Waals surface area contributed by atoms with Crippen LogP contribution in [0.3, 0.4) is 0 Å². The number of esters is 1. The molecule has 2 aromatic heterocycles. The molecule has 13 nitrogen and oxygen atoms in total. The molecule has 43 heavy (non-hydrogen) atoms. The molecular weight excluding hydrogens is 600 g/mol. The Morgan fingerprint density at radius 1 is 0.930 bits per heavy atom. The van der Waals surface area contributed by atoms with Gasteiger partial charge in [0.1, 0.15) is 13.2 Å². The monoisotopic (exact) mass is 630 g/mol. The van der Waals surface area contributed by atoms with Gasteiger partial charge in [0.25, 0.3) is 11.0 Å². The van der Waals surface area contributed by atoms with Gasteiger partial charge in [0.2, 0.25) is 36.3 Å². The Morgan fingerprint density at radius 2 is 1.60 bits per heavy atom. The highest BCUT2D eigenvalue weighted by atomic mass is 32.2. The maximum absolute atomic E-state index is 14.0. The van der Waals surface area contributed by atoms with Gasteiger partial charge in [-0.25, -0.2) is 31.6 Å². The molecule has 4 aromatic rings. The zero-order valence-electron chi connectivity index (χ0n) is 24.0. The number of benzene rings is 2. The number of rotatable bonds is 11. The lowest BCUT2D eigenvalue weighted by Crippen LogP contribution is -2.17. The largest absolute Gasteiger partial charge is 0.493 e. The Kier molecular flexibility index (Phi) is 9.06. The van der Waals surface area contributed by atoms with Gasteiger partial charge in [0.05, 0.1) is 12.0 Å². The number of sulfone groups is 2. The van der Waals surface area contributed by atoms with Crippen molar-refractivity contribution in [2.75, 3.05) is 26.6 Å². The standard InChI is InChI=1S/C28H30N4O9S2/c1-28(2,3)18-10-12-19(13-11-18)43(36,37)25-22(41-21-9-7-6-8-20(21)38-4)24(31-27(32-25)42(5,34)35)39-16-17-40-26(33)23-29-14-15-30-23/h6-15H,16-17H2,1-5H3,(H,29,30). The molecule has 0 unspecified atom stereocenters. The number of methoxy groups -OCH3 is 1. The van der Waals surface area contributed by atoms with Crippen molar-refractivity contribution in [1.82, 2.24) is 19.9 Å². The number of aromatic amines is 1. The van der Waals surface area contributed by atoms with E-state index in [4.69, 9.17) is 18.9 Å². The number of nitrogens with one attached hydrogen (secondary N) is 1. The molecule has 0 aliphatic carbocycles. The molecule has 0 aliphatic heterocycles. The smallest absolute Gasteiger partial charge is 0.374 e. The van der Waals surface area contributed by atoms with Gasteiger partial charge in [0, 0.05) is 18.6 Å². The van der Waals surface area contributed by atoms with E-state index in [1.165, 1.54) is 37.7 Å². The number of hydrogen-bond donors (Lipinski definition) is 1. The predicted octanol–water partition coefficient (Wildman–Crippen LogP) is 3.77. The highest BCUT2D eigenvalue weighted by Gasteiger charge is 2.33. The molecule has 2 aromatic carbocycles. The fraction of sp³-hybridized carbons (Fsp3) is 0.286. The zero-order valence-corrected chi connectivity index (χ0v) is 25.7. The summed E-state index contributed by atoms with van der Waals surface area (Å²) < 4.78 is 75.2. The van der Waals surface area contributed by atoms with E-state index >= 15 is 0 Å². The number of nitrogens with zero attached hydrogens (tertiary/aromatic N) is 3. The summed E-state index contributed by atoms with van der Waals surface area (Å²) in [6, 6.07) is 12.5. The van der Waals surface area contributed by atoms with Crippen LogP contribution in [0.2, 0.25) is 0 Å². The van der Waals surface area contributed by atoms with Gasteiger partial charge < -0.3 is 23.9 Å². The molecule has 0 atom stereocenters. The first-order chi connectivity index (χ1) is 20.2. The summed E-state index contributed by atoms with van der Waals surface area (Å²) in [5.41, 5.74) is 0.629. The van der Waals surface area contributed by atoms with Crippen molar-refractivity contribution in [3.8, 4) is 23.1 Å². The molecule has 15 heteroatoms. The summed E-state index contributed by atoms with van der Waals surface area (Å²) in [6.45, 7) is 5.27. The number of H-pyrrole nitrogens is 1. The molecular formula is C28H30N4O9S2. The lowest BCUT2D eigenvalue weighted by Gasteiger charge is -2.20. The third-order valence-electron chi connectivity index (χ3n) is 5.93. The number of ether oxygens (including phenoxy) is 4. The number of imidazole rings is 1. The van der Waals surface area contributed by atoms with Crippen LogP contribution in [0.1, 0.15) is 37.0 Å². The van der Waals surface area contributed by atoms with Crippen molar-refractivity contribution < 1.29 is 40.6 Å². The maximum Gasteiger partial charge on any atom is 0.374 e. The average molecular weight is 631 g/mol. The van der Waals surface area contributed by atoms with Crippen LogP contribution in [0.4, 0.5) is 0 Å². The molecule has 0 amide bonds. The molecule has 0 bridgehead atoms. The first-order valence-corrected chi connectivity index (χ1v) is 16.2. The zero-order chi connectivity index (χ0) is 31.4. The van der Waals surface area contributed by atoms with Gasteiger partial charge >= 0.3 is 5.97 Å². The fourth-order valence-electron chi connectivity index (χ4n) is 3.70. The van der Waals surface area contributed by atoms with E-state index in [1.807, 2.05) is 20.8 Å². The van der Waals surface area contributed by atoms with Crippen LogP contribution in [0.15, 0.2) is 76.0 Å². The molecule has 2 heterocycles. The molecule has 0 saturated heterocycles. The van der Waals surface area contributed by atoms with Crippen molar-refractivity contribution in [2.45, 2.75) is 41.3 Å². The Hall–Kier alpha value is -4.50. The second-order valence-electron chi connectivity index (χ2n) is 10.2. The predicted molar refractivity (Wildman–Crippen MR) is 153 cm³/mol. The molecule has 0 radical (unpaired) electrons. The lowest BCUT2D eigenvalue weighted by molar-refractivity contribution is 0.0432. The molecule has 4 rings (SSSR count). The molecule has 0 saturated carbocycles. The van der Waals surface area contributed by atoms with Gasteiger partial charge in [-0.15, -0.1) is 0 Å². The Balaban J connectivity index is 1.82. The highest BCUT2D eigenvalue weighted by Crippen LogP contribution is 2.41. The second kappa shape index (κ2) is 12.4. The number of aromatic nitrogens is 4. The first kappa shape index (κ1) is 31.4. The number of hydrogen-bond acceptors (Lipinski definition) is 12. The summed E-state index contributed by atoms with van der Waals surface area (Å²) in [7, 11) is -7.25. The van der Waals surface area contributed by atoms with Crippen LogP contribution in [-0.4, -0.2) is 69.3 Å². The molecule has 1 N–H and O–H groups in total. The summed E-state index contributed by atoms with van der Waals surface area (Å²) >= 11 is 0. The molecule has 228 valence electrons. The van der Waals surface area contributed by atoms with Crippen LogP contribution in [0.5, 0.6) is 23.1 Å². The normalized spacial score (nSPS) is 12.0. The fourth-order valence-corrected chi connectivity index (χ4v) is 5.56. The molecule has 0 aliphatic rings. The lowest BCUT2D eigenvalue weighted by atomic mass is 9.87. The van der Waals surface area contributed by atoms with E-state index in [-0.39, 0.29) is 40.8 Å². The van der Waals surface area contributed by atoms with Crippen molar-refractivity contribution in [3.63, 3.8) is 0 Å². The number of carbonyl (C=O) groups is 1. The Morgan fingerprint density at radius 3 is 2.19 bits per heavy atom. The minimum Gasteiger partial charge on any atom is -0.493 e. The van der Waals surface area contributed by atoms with Gasteiger partial charge in [0.15, 0.2) is 11.5 Å². The second-order valence-corrected chi connectivity index (χ2v) is 13.9. The first-order valence-electron chi connectivity index (χ1n) is 12.8. The topological polar surface area (TPSA) is 177 Å². The van der Waals surface area contributed by atoms with E-state index in [1.54, 1.807) is 30.3 Å². The van der Waals surface area contributed by atoms with Crippen LogP contribution < -0.4 is 14.2 Å². The minimum atomic E-state index is -4.51. The van der Waals surface area contributed by atoms with Crippen LogP contribution in [0, 0.1) is 0 Å². The summed E-state index contributed by atoms with van der Waals surface area (Å²) in [5.74, 6) is -1.48. The molecule has 0 fully saturated rings. The van der Waals surface area contributed by atoms with Gasteiger partial charge in [-0.2, -0.15) is 4.98 Å². The van der Waals surface area contributed by atoms with Crippen LogP contribution in [-0.2, 0) is 29.8 Å². The van der Waals surface area contributed by atoms with Gasteiger partial charge in [-0.05, 0) is 35.2 Å². The maximum atomic E-state index is 14.0. The van der Waals surface area contributed by atoms with E-state index in [2.05, 4.69) is 19.9 Å². The summed E-state index contributed by atoms with van der Waals surface area (Å²) in [6.07, 6.45) is 3.65. The summed E-state index contributed by atoms with van der Waals surface area (Å²) in [5, 5.41) is -1.56. The highest BCUT2D eigenvalue weighted by molar-refractivity contribution is 7.91. The van der Waals surface area contributed by atoms with Crippen molar-refractivity contribution in [3.05, 3.63) is 72.3 Å². The van der Waals surface area contributed by atoms with Gasteiger partial charge in [-0.1, -0.05) is 45.0 Å². The minimum absolute atomic E-state index is 0.0348. The third kappa shape index (κ3) is 7.29. The van der Waals surface area contributed by atoms with E-state index in [0.717, 1.165) is 11.8 Å². The molecule has 0 spiro atoms. The van der Waals surface area contributed by atoms with Gasteiger partial charge in [-0.3, -0.25) is 0 Å². The van der Waals surface area contributed by atoms with Crippen LogP contribution in [0.25, 0.3) is 0 Å². The van der Waals surface area contributed by atoms with Crippen LogP contribution >= 0.6 is 0 Å². The van der Waals surface area contributed by atoms with E-state index < -0.39 is 47.5 Å².